The highest BCUT2D eigenvalue weighted by Gasteiger charge is 2.13. The average molecular weight is 248 g/mol. The molecule has 1 fully saturated rings. The van der Waals surface area contributed by atoms with Crippen LogP contribution in [0.25, 0.3) is 10.2 Å². The van der Waals surface area contributed by atoms with E-state index < -0.39 is 0 Å². The Morgan fingerprint density at radius 3 is 3.24 bits per heavy atom. The molecule has 3 rings (SSSR count). The minimum Gasteiger partial charge on any atom is -0.380 e. The Morgan fingerprint density at radius 2 is 2.41 bits per heavy atom. The highest BCUT2D eigenvalue weighted by molar-refractivity contribution is 7.18. The first-order chi connectivity index (χ1) is 8.31. The smallest absolute Gasteiger partial charge is 0.0907 e. The lowest BCUT2D eigenvalue weighted by molar-refractivity contribution is 0.0876. The fraction of sp³-hybridized carbons (Fsp3) is 0.462. The minimum atomic E-state index is 0.454. The second kappa shape index (κ2) is 4.63. The maximum absolute atomic E-state index is 5.47. The molecule has 2 heterocycles. The Balaban J connectivity index is 1.79. The minimum absolute atomic E-state index is 0.454. The van der Waals surface area contributed by atoms with Crippen LogP contribution >= 0.6 is 11.3 Å². The van der Waals surface area contributed by atoms with Crippen molar-refractivity contribution in [2.24, 2.45) is 0 Å². The van der Waals surface area contributed by atoms with Crippen molar-refractivity contribution in [3.63, 3.8) is 0 Å². The van der Waals surface area contributed by atoms with E-state index in [-0.39, 0.29) is 0 Å². The standard InChI is InChI=1S/C13H16N2OS/c1-9-14-12-5-4-10(7-13(12)17-9)15-11-3-2-6-16-8-11/h4-5,7,11,15H,2-3,6,8H2,1H3. The number of rotatable bonds is 2. The third-order valence-electron chi connectivity index (χ3n) is 3.03. The highest BCUT2D eigenvalue weighted by Crippen LogP contribution is 2.25. The first-order valence-electron chi connectivity index (χ1n) is 6.03. The molecule has 1 saturated heterocycles. The predicted molar refractivity (Wildman–Crippen MR) is 71.8 cm³/mol. The lowest BCUT2D eigenvalue weighted by Gasteiger charge is -2.24. The highest BCUT2D eigenvalue weighted by atomic mass is 32.1. The second-order valence-electron chi connectivity index (χ2n) is 4.47. The van der Waals surface area contributed by atoms with Crippen LogP contribution in [0.1, 0.15) is 17.8 Å². The molecule has 0 amide bonds. The number of aryl methyl sites for hydroxylation is 1. The number of hydrogen-bond acceptors (Lipinski definition) is 4. The van der Waals surface area contributed by atoms with Crippen molar-refractivity contribution in [2.75, 3.05) is 18.5 Å². The maximum Gasteiger partial charge on any atom is 0.0907 e. The molecule has 1 atom stereocenters. The van der Waals surface area contributed by atoms with Crippen molar-refractivity contribution >= 4 is 27.2 Å². The van der Waals surface area contributed by atoms with Crippen LogP contribution in [-0.4, -0.2) is 24.2 Å². The summed E-state index contributed by atoms with van der Waals surface area (Å²) in [5, 5.41) is 4.66. The van der Waals surface area contributed by atoms with Crippen LogP contribution < -0.4 is 5.32 Å². The fourth-order valence-electron chi connectivity index (χ4n) is 2.22. The fourth-order valence-corrected chi connectivity index (χ4v) is 3.09. The zero-order chi connectivity index (χ0) is 11.7. The number of benzene rings is 1. The van der Waals surface area contributed by atoms with Gasteiger partial charge >= 0.3 is 0 Å². The number of ether oxygens (including phenoxy) is 1. The lowest BCUT2D eigenvalue weighted by atomic mass is 10.1. The van der Waals surface area contributed by atoms with E-state index in [9.17, 15) is 0 Å². The van der Waals surface area contributed by atoms with Crippen molar-refractivity contribution in [1.29, 1.82) is 0 Å². The van der Waals surface area contributed by atoms with Crippen LogP contribution in [0.4, 0.5) is 5.69 Å². The van der Waals surface area contributed by atoms with Crippen LogP contribution in [0.2, 0.25) is 0 Å². The summed E-state index contributed by atoms with van der Waals surface area (Å²) in [5.41, 5.74) is 2.27. The second-order valence-corrected chi connectivity index (χ2v) is 5.71. The number of nitrogens with one attached hydrogen (secondary N) is 1. The molecule has 17 heavy (non-hydrogen) atoms. The zero-order valence-electron chi connectivity index (χ0n) is 9.90. The SMILES string of the molecule is Cc1nc2ccc(NC3CCCOC3)cc2s1. The molecule has 1 unspecified atom stereocenters. The van der Waals surface area contributed by atoms with Crippen LogP contribution in [0.3, 0.4) is 0 Å². The van der Waals surface area contributed by atoms with Gasteiger partial charge in [0.2, 0.25) is 0 Å². The van der Waals surface area contributed by atoms with Gasteiger partial charge in [-0.15, -0.1) is 11.3 Å². The topological polar surface area (TPSA) is 34.2 Å². The van der Waals surface area contributed by atoms with E-state index in [0.29, 0.717) is 6.04 Å². The van der Waals surface area contributed by atoms with Gasteiger partial charge in [0.05, 0.1) is 21.8 Å². The van der Waals surface area contributed by atoms with Gasteiger partial charge in [-0.25, -0.2) is 4.98 Å². The Morgan fingerprint density at radius 1 is 1.47 bits per heavy atom. The molecule has 0 saturated carbocycles. The lowest BCUT2D eigenvalue weighted by Crippen LogP contribution is -2.29. The molecule has 1 aliphatic heterocycles. The summed E-state index contributed by atoms with van der Waals surface area (Å²) in [6.07, 6.45) is 2.35. The van der Waals surface area contributed by atoms with Gasteiger partial charge < -0.3 is 10.1 Å². The molecule has 1 aliphatic rings. The first-order valence-corrected chi connectivity index (χ1v) is 6.84. The molecule has 90 valence electrons. The van der Waals surface area contributed by atoms with Crippen LogP contribution in [-0.2, 0) is 4.74 Å². The molecular weight excluding hydrogens is 232 g/mol. The van der Waals surface area contributed by atoms with E-state index in [1.54, 1.807) is 11.3 Å². The van der Waals surface area contributed by atoms with Gasteiger partial charge in [0.1, 0.15) is 0 Å². The van der Waals surface area contributed by atoms with E-state index >= 15 is 0 Å². The molecule has 0 aliphatic carbocycles. The quantitative estimate of drug-likeness (QED) is 0.886. The van der Waals surface area contributed by atoms with Crippen LogP contribution in [0.5, 0.6) is 0 Å². The van der Waals surface area contributed by atoms with Crippen molar-refractivity contribution in [3.8, 4) is 0 Å². The summed E-state index contributed by atoms with van der Waals surface area (Å²) in [6, 6.07) is 6.84. The van der Waals surface area contributed by atoms with Crippen molar-refractivity contribution in [1.82, 2.24) is 4.98 Å². The molecule has 1 aromatic heterocycles. The molecule has 0 spiro atoms. The molecule has 1 aromatic carbocycles. The largest absolute Gasteiger partial charge is 0.380 e. The summed E-state index contributed by atoms with van der Waals surface area (Å²) >= 11 is 1.75. The predicted octanol–water partition coefficient (Wildman–Crippen LogP) is 3.20. The Labute approximate surface area is 105 Å². The number of thiazole rings is 1. The third-order valence-corrected chi connectivity index (χ3v) is 3.96. The van der Waals surface area contributed by atoms with E-state index in [2.05, 4.69) is 28.5 Å². The molecular formula is C13H16N2OS. The maximum atomic E-state index is 5.47. The number of nitrogens with zero attached hydrogens (tertiary/aromatic N) is 1. The van der Waals surface area contributed by atoms with Gasteiger partial charge in [0.25, 0.3) is 0 Å². The van der Waals surface area contributed by atoms with Gasteiger partial charge in [0, 0.05) is 18.3 Å². The monoisotopic (exact) mass is 248 g/mol. The normalized spacial score (nSPS) is 20.6. The average Bonchev–Trinajstić information content (AvgIpc) is 2.70. The summed E-state index contributed by atoms with van der Waals surface area (Å²) in [6.45, 7) is 3.78. The summed E-state index contributed by atoms with van der Waals surface area (Å²) in [5.74, 6) is 0. The van der Waals surface area contributed by atoms with Gasteiger partial charge in [-0.2, -0.15) is 0 Å². The van der Waals surface area contributed by atoms with Gasteiger partial charge in [-0.05, 0) is 38.0 Å². The number of hydrogen-bond donors (Lipinski definition) is 1. The van der Waals surface area contributed by atoms with E-state index in [1.807, 2.05) is 6.92 Å². The zero-order valence-corrected chi connectivity index (χ0v) is 10.7. The van der Waals surface area contributed by atoms with Crippen LogP contribution in [0, 0.1) is 6.92 Å². The molecule has 0 radical (unpaired) electrons. The number of aromatic nitrogens is 1. The van der Waals surface area contributed by atoms with E-state index in [1.165, 1.54) is 16.8 Å². The Hall–Kier alpha value is -1.13. The van der Waals surface area contributed by atoms with Crippen molar-refractivity contribution < 1.29 is 4.74 Å². The summed E-state index contributed by atoms with van der Waals surface area (Å²) in [7, 11) is 0. The van der Waals surface area contributed by atoms with Gasteiger partial charge in [-0.3, -0.25) is 0 Å². The number of anilines is 1. The van der Waals surface area contributed by atoms with Crippen molar-refractivity contribution in [3.05, 3.63) is 23.2 Å². The first kappa shape index (κ1) is 11.0. The summed E-state index contributed by atoms with van der Waals surface area (Å²) < 4.78 is 6.73. The Bertz CT molecular complexity index is 517. The molecule has 1 N–H and O–H groups in total. The number of fused-ring (bicyclic) bond motifs is 1. The molecule has 3 nitrogen and oxygen atoms in total. The molecule has 2 aromatic rings. The molecule has 4 heteroatoms. The summed E-state index contributed by atoms with van der Waals surface area (Å²) in [4.78, 5) is 4.47. The van der Waals surface area contributed by atoms with Crippen molar-refractivity contribution in [2.45, 2.75) is 25.8 Å². The molecule has 0 bridgehead atoms. The Kier molecular flexibility index (Phi) is 2.99. The van der Waals surface area contributed by atoms with Gasteiger partial charge in [0.15, 0.2) is 0 Å². The van der Waals surface area contributed by atoms with E-state index in [0.717, 1.165) is 30.2 Å². The van der Waals surface area contributed by atoms with Crippen LogP contribution in [0.15, 0.2) is 18.2 Å². The third kappa shape index (κ3) is 2.42. The van der Waals surface area contributed by atoms with Gasteiger partial charge in [-0.1, -0.05) is 0 Å². The van der Waals surface area contributed by atoms with E-state index in [4.69, 9.17) is 4.74 Å².